The Morgan fingerprint density at radius 1 is 1.33 bits per heavy atom. The Morgan fingerprint density at radius 2 is 2.06 bits per heavy atom. The Kier molecular flexibility index (Phi) is 10.0. The highest BCUT2D eigenvalue weighted by Gasteiger charge is 2.20. The van der Waals surface area contributed by atoms with Crippen LogP contribution in [-0.4, -0.2) is 25.3 Å². The van der Waals surface area contributed by atoms with Gasteiger partial charge in [-0.2, -0.15) is 5.26 Å². The van der Waals surface area contributed by atoms with E-state index < -0.39 is 0 Å². The highest BCUT2D eigenvalue weighted by Crippen LogP contribution is 2.13. The predicted molar refractivity (Wildman–Crippen MR) is 76.4 cm³/mol. The van der Waals surface area contributed by atoms with Crippen molar-refractivity contribution in [2.24, 2.45) is 5.92 Å². The molecule has 0 aromatic rings. The van der Waals surface area contributed by atoms with Crippen LogP contribution in [0.3, 0.4) is 0 Å². The van der Waals surface area contributed by atoms with Gasteiger partial charge in [-0.15, -0.1) is 0 Å². The highest BCUT2D eigenvalue weighted by atomic mass is 16.5. The summed E-state index contributed by atoms with van der Waals surface area (Å²) >= 11 is 0. The molecule has 0 aliphatic rings. The minimum absolute atomic E-state index is 0.371. The SMILES string of the molecule is CCCC(C)COCCCCC(C)(C#N)NCC. The molecule has 0 rings (SSSR count). The molecule has 0 saturated heterocycles. The Labute approximate surface area is 113 Å². The van der Waals surface area contributed by atoms with E-state index in [1.807, 2.05) is 13.8 Å². The summed E-state index contributed by atoms with van der Waals surface area (Å²) in [7, 11) is 0. The summed E-state index contributed by atoms with van der Waals surface area (Å²) in [6.45, 7) is 11.0. The van der Waals surface area contributed by atoms with Crippen LogP contribution in [0.5, 0.6) is 0 Å². The molecule has 0 spiro atoms. The summed E-state index contributed by atoms with van der Waals surface area (Å²) in [5.41, 5.74) is -0.371. The third-order valence-corrected chi connectivity index (χ3v) is 3.21. The smallest absolute Gasteiger partial charge is 0.103 e. The monoisotopic (exact) mass is 254 g/mol. The molecule has 3 heteroatoms. The zero-order valence-corrected chi connectivity index (χ0v) is 12.6. The summed E-state index contributed by atoms with van der Waals surface area (Å²) in [4.78, 5) is 0. The largest absolute Gasteiger partial charge is 0.381 e. The van der Waals surface area contributed by atoms with Crippen LogP contribution in [0, 0.1) is 17.2 Å². The van der Waals surface area contributed by atoms with Gasteiger partial charge in [0.2, 0.25) is 0 Å². The van der Waals surface area contributed by atoms with Crippen LogP contribution in [0.4, 0.5) is 0 Å². The van der Waals surface area contributed by atoms with Crippen LogP contribution in [0.25, 0.3) is 0 Å². The maximum absolute atomic E-state index is 9.11. The van der Waals surface area contributed by atoms with Gasteiger partial charge in [-0.3, -0.25) is 5.32 Å². The van der Waals surface area contributed by atoms with E-state index in [4.69, 9.17) is 10.00 Å². The molecule has 106 valence electrons. The second kappa shape index (κ2) is 10.3. The first-order valence-corrected chi connectivity index (χ1v) is 7.32. The molecular formula is C15H30N2O. The van der Waals surface area contributed by atoms with Crippen molar-refractivity contribution in [2.75, 3.05) is 19.8 Å². The standard InChI is InChI=1S/C15H30N2O/c1-5-9-14(3)12-18-11-8-7-10-15(4,13-16)17-6-2/h14,17H,5-12H2,1-4H3. The zero-order chi connectivity index (χ0) is 13.9. The fourth-order valence-electron chi connectivity index (χ4n) is 2.12. The Morgan fingerprint density at radius 3 is 2.61 bits per heavy atom. The second-order valence-corrected chi connectivity index (χ2v) is 5.40. The van der Waals surface area contributed by atoms with Crippen LogP contribution in [0.15, 0.2) is 0 Å². The summed E-state index contributed by atoms with van der Waals surface area (Å²) < 4.78 is 5.65. The lowest BCUT2D eigenvalue weighted by atomic mass is 9.97. The molecular weight excluding hydrogens is 224 g/mol. The number of ether oxygens (including phenoxy) is 1. The molecule has 2 unspecified atom stereocenters. The summed E-state index contributed by atoms with van der Waals surface area (Å²) in [5, 5.41) is 12.3. The molecule has 0 aromatic carbocycles. The molecule has 0 amide bonds. The molecule has 0 aliphatic heterocycles. The maximum Gasteiger partial charge on any atom is 0.103 e. The van der Waals surface area contributed by atoms with Crippen LogP contribution in [0.2, 0.25) is 0 Å². The number of hydrogen-bond donors (Lipinski definition) is 1. The van der Waals surface area contributed by atoms with Gasteiger partial charge in [0.05, 0.1) is 6.07 Å². The minimum Gasteiger partial charge on any atom is -0.381 e. The van der Waals surface area contributed by atoms with Gasteiger partial charge in [-0.05, 0) is 45.1 Å². The van der Waals surface area contributed by atoms with Crippen LogP contribution >= 0.6 is 0 Å². The van der Waals surface area contributed by atoms with E-state index in [2.05, 4.69) is 25.2 Å². The normalized spacial score (nSPS) is 15.9. The quantitative estimate of drug-likeness (QED) is 0.574. The van der Waals surface area contributed by atoms with Crippen LogP contribution < -0.4 is 5.32 Å². The first kappa shape index (κ1) is 17.4. The van der Waals surface area contributed by atoms with E-state index in [1.165, 1.54) is 12.8 Å². The minimum atomic E-state index is -0.371. The van der Waals surface area contributed by atoms with E-state index >= 15 is 0 Å². The Balaban J connectivity index is 3.53. The lowest BCUT2D eigenvalue weighted by Crippen LogP contribution is -2.40. The van der Waals surface area contributed by atoms with E-state index in [0.717, 1.165) is 39.0 Å². The van der Waals surface area contributed by atoms with Crippen molar-refractivity contribution >= 4 is 0 Å². The fraction of sp³-hybridized carbons (Fsp3) is 0.933. The maximum atomic E-state index is 9.11. The summed E-state index contributed by atoms with van der Waals surface area (Å²) in [5.74, 6) is 0.668. The summed E-state index contributed by atoms with van der Waals surface area (Å²) in [6, 6.07) is 2.35. The number of unbranched alkanes of at least 4 members (excludes halogenated alkanes) is 1. The van der Waals surface area contributed by atoms with E-state index in [9.17, 15) is 0 Å². The van der Waals surface area contributed by atoms with Crippen molar-refractivity contribution in [3.63, 3.8) is 0 Å². The number of nitriles is 1. The van der Waals surface area contributed by atoms with E-state index in [1.54, 1.807) is 0 Å². The molecule has 0 radical (unpaired) electrons. The van der Waals surface area contributed by atoms with Crippen LogP contribution in [-0.2, 0) is 4.74 Å². The predicted octanol–water partition coefficient (Wildman–Crippen LogP) is 3.50. The van der Waals surface area contributed by atoms with Gasteiger partial charge in [0, 0.05) is 13.2 Å². The third-order valence-electron chi connectivity index (χ3n) is 3.21. The number of nitrogens with zero attached hydrogens (tertiary/aromatic N) is 1. The number of hydrogen-bond acceptors (Lipinski definition) is 3. The van der Waals surface area contributed by atoms with Crippen molar-refractivity contribution in [2.45, 2.75) is 65.3 Å². The van der Waals surface area contributed by atoms with Crippen molar-refractivity contribution < 1.29 is 4.74 Å². The van der Waals surface area contributed by atoms with Gasteiger partial charge in [0.15, 0.2) is 0 Å². The Bertz CT molecular complexity index is 237. The van der Waals surface area contributed by atoms with E-state index in [0.29, 0.717) is 5.92 Å². The molecule has 3 nitrogen and oxygen atoms in total. The first-order valence-electron chi connectivity index (χ1n) is 7.32. The fourth-order valence-corrected chi connectivity index (χ4v) is 2.12. The van der Waals surface area contributed by atoms with Crippen LogP contribution in [0.1, 0.15) is 59.8 Å². The summed E-state index contributed by atoms with van der Waals surface area (Å²) in [6.07, 6.45) is 5.45. The van der Waals surface area contributed by atoms with Gasteiger partial charge in [-0.25, -0.2) is 0 Å². The molecule has 0 fully saturated rings. The van der Waals surface area contributed by atoms with Crippen molar-refractivity contribution in [3.05, 3.63) is 0 Å². The topological polar surface area (TPSA) is 45.0 Å². The zero-order valence-electron chi connectivity index (χ0n) is 12.6. The third kappa shape index (κ3) is 8.49. The lowest BCUT2D eigenvalue weighted by molar-refractivity contribution is 0.0975. The van der Waals surface area contributed by atoms with Gasteiger partial charge >= 0.3 is 0 Å². The first-order chi connectivity index (χ1) is 8.58. The van der Waals surface area contributed by atoms with E-state index in [-0.39, 0.29) is 5.54 Å². The molecule has 0 aromatic heterocycles. The highest BCUT2D eigenvalue weighted by molar-refractivity contribution is 5.03. The van der Waals surface area contributed by atoms with Crippen molar-refractivity contribution in [3.8, 4) is 6.07 Å². The number of rotatable bonds is 11. The van der Waals surface area contributed by atoms with Gasteiger partial charge in [0.1, 0.15) is 5.54 Å². The molecule has 0 aliphatic carbocycles. The average molecular weight is 254 g/mol. The molecule has 0 heterocycles. The van der Waals surface area contributed by atoms with Gasteiger partial charge in [-0.1, -0.05) is 27.2 Å². The van der Waals surface area contributed by atoms with Gasteiger partial charge in [0.25, 0.3) is 0 Å². The number of nitrogens with one attached hydrogen (secondary N) is 1. The second-order valence-electron chi connectivity index (χ2n) is 5.40. The van der Waals surface area contributed by atoms with Crippen molar-refractivity contribution in [1.82, 2.24) is 5.32 Å². The lowest BCUT2D eigenvalue weighted by Gasteiger charge is -2.22. The molecule has 2 atom stereocenters. The molecule has 18 heavy (non-hydrogen) atoms. The molecule has 1 N–H and O–H groups in total. The van der Waals surface area contributed by atoms with Gasteiger partial charge < -0.3 is 4.74 Å². The van der Waals surface area contributed by atoms with Crippen molar-refractivity contribution in [1.29, 1.82) is 5.26 Å². The average Bonchev–Trinajstić information content (AvgIpc) is 2.34. The molecule has 0 saturated carbocycles. The Hall–Kier alpha value is -0.590. The molecule has 0 bridgehead atoms.